The van der Waals surface area contributed by atoms with Crippen LogP contribution in [-0.2, 0) is 5.41 Å². The van der Waals surface area contributed by atoms with E-state index in [2.05, 4.69) is 22.9 Å². The van der Waals surface area contributed by atoms with Crippen LogP contribution in [0.4, 0.5) is 4.39 Å². The van der Waals surface area contributed by atoms with Gasteiger partial charge in [0.15, 0.2) is 0 Å². The summed E-state index contributed by atoms with van der Waals surface area (Å²) >= 11 is 3.29. The molecule has 0 aliphatic heterocycles. The fourth-order valence-corrected chi connectivity index (χ4v) is 1.84. The maximum Gasteiger partial charge on any atom is 0.124 e. The van der Waals surface area contributed by atoms with Crippen LogP contribution in [0.2, 0.25) is 0 Å². The van der Waals surface area contributed by atoms with Crippen LogP contribution in [0.25, 0.3) is 0 Å². The molecule has 0 radical (unpaired) electrons. The van der Waals surface area contributed by atoms with Gasteiger partial charge in [-0.25, -0.2) is 4.39 Å². The first-order valence-corrected chi connectivity index (χ1v) is 4.86. The van der Waals surface area contributed by atoms with Crippen molar-refractivity contribution in [3.8, 4) is 0 Å². The Balaban J connectivity index is 2.44. The third-order valence-electron chi connectivity index (χ3n) is 2.56. The molecule has 1 fully saturated rings. The Morgan fingerprint density at radius 3 is 2.50 bits per heavy atom. The predicted octanol–water partition coefficient (Wildman–Crippen LogP) is 3.64. The second-order valence-electron chi connectivity index (χ2n) is 3.72. The number of halogens is 2. The molecule has 0 atom stereocenters. The molecule has 1 aromatic rings. The molecule has 1 saturated carbocycles. The van der Waals surface area contributed by atoms with Crippen LogP contribution in [-0.4, -0.2) is 0 Å². The van der Waals surface area contributed by atoms with Crippen LogP contribution in [0.5, 0.6) is 0 Å². The molecule has 0 amide bonds. The summed E-state index contributed by atoms with van der Waals surface area (Å²) in [6, 6.07) is 5.14. The third kappa shape index (κ3) is 1.40. The van der Waals surface area contributed by atoms with E-state index < -0.39 is 0 Å². The highest BCUT2D eigenvalue weighted by Gasteiger charge is 2.39. The van der Waals surface area contributed by atoms with Gasteiger partial charge in [-0.05, 0) is 42.0 Å². The van der Waals surface area contributed by atoms with Crippen LogP contribution in [0.1, 0.15) is 25.3 Å². The largest absolute Gasteiger partial charge is 0.207 e. The third-order valence-corrected chi connectivity index (χ3v) is 3.02. The Morgan fingerprint density at radius 2 is 2.00 bits per heavy atom. The van der Waals surface area contributed by atoms with Crippen LogP contribution >= 0.6 is 15.9 Å². The fourth-order valence-electron chi connectivity index (χ4n) is 1.38. The molecule has 2 heteroatoms. The van der Waals surface area contributed by atoms with Gasteiger partial charge in [0.25, 0.3) is 0 Å². The Hall–Kier alpha value is -0.370. The van der Waals surface area contributed by atoms with E-state index in [1.165, 1.54) is 18.9 Å². The predicted molar refractivity (Wildman–Crippen MR) is 50.7 cm³/mol. The van der Waals surface area contributed by atoms with E-state index in [1.54, 1.807) is 6.07 Å². The molecule has 0 aromatic heterocycles. The van der Waals surface area contributed by atoms with Crippen molar-refractivity contribution in [3.63, 3.8) is 0 Å². The molecule has 64 valence electrons. The van der Waals surface area contributed by atoms with Crippen LogP contribution in [0.3, 0.4) is 0 Å². The zero-order chi connectivity index (χ0) is 8.77. The zero-order valence-electron chi connectivity index (χ0n) is 6.90. The number of benzene rings is 1. The van der Waals surface area contributed by atoms with Crippen LogP contribution < -0.4 is 0 Å². The molecule has 0 unspecified atom stereocenters. The van der Waals surface area contributed by atoms with Crippen LogP contribution in [0.15, 0.2) is 22.7 Å². The maximum atomic E-state index is 13.0. The lowest BCUT2D eigenvalue weighted by atomic mass is 9.99. The van der Waals surface area contributed by atoms with Gasteiger partial charge in [0, 0.05) is 4.47 Å². The van der Waals surface area contributed by atoms with Crippen molar-refractivity contribution in [2.75, 3.05) is 0 Å². The van der Waals surface area contributed by atoms with E-state index in [9.17, 15) is 4.39 Å². The Morgan fingerprint density at radius 1 is 1.33 bits per heavy atom. The quantitative estimate of drug-likeness (QED) is 0.689. The summed E-state index contributed by atoms with van der Waals surface area (Å²) in [4.78, 5) is 0. The van der Waals surface area contributed by atoms with Crippen molar-refractivity contribution in [2.45, 2.75) is 25.2 Å². The normalized spacial score (nSPS) is 19.2. The lowest BCUT2D eigenvalue weighted by molar-refractivity contribution is 0.619. The Kier molecular flexibility index (Phi) is 1.76. The van der Waals surface area contributed by atoms with Crippen molar-refractivity contribution < 1.29 is 4.39 Å². The lowest BCUT2D eigenvalue weighted by Gasteiger charge is -2.08. The van der Waals surface area contributed by atoms with E-state index >= 15 is 0 Å². The van der Waals surface area contributed by atoms with Gasteiger partial charge in [-0.3, -0.25) is 0 Å². The van der Waals surface area contributed by atoms with Crippen LogP contribution in [0, 0.1) is 5.82 Å². The average Bonchev–Trinajstić information content (AvgIpc) is 2.67. The molecule has 1 aromatic carbocycles. The highest BCUT2D eigenvalue weighted by molar-refractivity contribution is 9.10. The number of hydrogen-bond acceptors (Lipinski definition) is 0. The van der Waals surface area contributed by atoms with E-state index in [-0.39, 0.29) is 11.2 Å². The minimum atomic E-state index is -0.146. The van der Waals surface area contributed by atoms with E-state index in [0.717, 1.165) is 10.0 Å². The van der Waals surface area contributed by atoms with E-state index in [0.29, 0.717) is 0 Å². The van der Waals surface area contributed by atoms with Gasteiger partial charge < -0.3 is 0 Å². The number of hydrogen-bond donors (Lipinski definition) is 0. The van der Waals surface area contributed by atoms with Crippen molar-refractivity contribution in [1.29, 1.82) is 0 Å². The lowest BCUT2D eigenvalue weighted by Crippen LogP contribution is -1.99. The molecule has 0 heterocycles. The molecular formula is C10H10BrF. The average molecular weight is 229 g/mol. The molecule has 0 saturated heterocycles. The highest BCUT2D eigenvalue weighted by Crippen LogP contribution is 2.48. The van der Waals surface area contributed by atoms with Crippen molar-refractivity contribution in [3.05, 3.63) is 34.1 Å². The first-order chi connectivity index (χ1) is 5.60. The van der Waals surface area contributed by atoms with Crippen molar-refractivity contribution >= 4 is 15.9 Å². The summed E-state index contributed by atoms with van der Waals surface area (Å²) in [6.45, 7) is 2.17. The molecule has 12 heavy (non-hydrogen) atoms. The van der Waals surface area contributed by atoms with Gasteiger partial charge in [-0.15, -0.1) is 0 Å². The minimum Gasteiger partial charge on any atom is -0.207 e. The smallest absolute Gasteiger partial charge is 0.124 e. The monoisotopic (exact) mass is 228 g/mol. The van der Waals surface area contributed by atoms with E-state index in [4.69, 9.17) is 0 Å². The van der Waals surface area contributed by atoms with Crippen molar-refractivity contribution in [2.24, 2.45) is 0 Å². The summed E-state index contributed by atoms with van der Waals surface area (Å²) in [7, 11) is 0. The summed E-state index contributed by atoms with van der Waals surface area (Å²) in [5.41, 5.74) is 1.37. The molecule has 0 bridgehead atoms. The second kappa shape index (κ2) is 2.56. The molecule has 0 nitrogen and oxygen atoms in total. The van der Waals surface area contributed by atoms with Gasteiger partial charge in [-0.2, -0.15) is 0 Å². The Labute approximate surface area is 79.9 Å². The van der Waals surface area contributed by atoms with Gasteiger partial charge in [0.05, 0.1) is 0 Å². The maximum absolute atomic E-state index is 13.0. The first kappa shape index (κ1) is 8.24. The van der Waals surface area contributed by atoms with Gasteiger partial charge in [0.1, 0.15) is 5.82 Å². The first-order valence-electron chi connectivity index (χ1n) is 4.07. The fraction of sp³-hybridized carbons (Fsp3) is 0.400. The second-order valence-corrected chi connectivity index (χ2v) is 4.63. The molecular weight excluding hydrogens is 219 g/mol. The van der Waals surface area contributed by atoms with E-state index in [1.807, 2.05) is 6.07 Å². The molecule has 0 spiro atoms. The molecule has 0 N–H and O–H groups in total. The molecule has 1 aliphatic rings. The van der Waals surface area contributed by atoms with Gasteiger partial charge in [-0.1, -0.05) is 22.9 Å². The SMILES string of the molecule is CC1(c2cc(F)cc(Br)c2)CC1. The van der Waals surface area contributed by atoms with Gasteiger partial charge >= 0.3 is 0 Å². The topological polar surface area (TPSA) is 0 Å². The molecule has 1 aliphatic carbocycles. The summed E-state index contributed by atoms with van der Waals surface area (Å²) in [6.07, 6.45) is 2.37. The highest BCUT2D eigenvalue weighted by atomic mass is 79.9. The summed E-state index contributed by atoms with van der Waals surface area (Å²) in [5.74, 6) is -0.146. The standard InChI is InChI=1S/C10H10BrF/c1-10(2-3-10)7-4-8(11)6-9(12)5-7/h4-6H,2-3H2,1H3. The zero-order valence-corrected chi connectivity index (χ0v) is 8.49. The van der Waals surface area contributed by atoms with Crippen molar-refractivity contribution in [1.82, 2.24) is 0 Å². The Bertz CT molecular complexity index is 295. The summed E-state index contributed by atoms with van der Waals surface area (Å²) < 4.78 is 13.8. The number of rotatable bonds is 1. The van der Waals surface area contributed by atoms with Gasteiger partial charge in [0.2, 0.25) is 0 Å². The summed E-state index contributed by atoms with van der Waals surface area (Å²) in [5, 5.41) is 0. The molecule has 2 rings (SSSR count). The minimum absolute atomic E-state index is 0.146.